The minimum atomic E-state index is -0.0469. The summed E-state index contributed by atoms with van der Waals surface area (Å²) in [5.74, 6) is 0. The van der Waals surface area contributed by atoms with Gasteiger partial charge in [0.15, 0.2) is 0 Å². The van der Waals surface area contributed by atoms with Gasteiger partial charge >= 0.3 is 0 Å². The second-order valence-electron chi connectivity index (χ2n) is 22.9. The maximum atomic E-state index is 9.23. The lowest BCUT2D eigenvalue weighted by molar-refractivity contribution is 0.0771. The van der Waals surface area contributed by atoms with Crippen molar-refractivity contribution in [3.05, 3.63) is 0 Å². The fraction of sp³-hybridized carbons (Fsp3) is 1.00. The van der Waals surface area contributed by atoms with E-state index in [1.807, 2.05) is 43.4 Å². The van der Waals surface area contributed by atoms with Crippen molar-refractivity contribution in [2.45, 2.75) is 91.1 Å². The van der Waals surface area contributed by atoms with Crippen LogP contribution < -0.4 is 0 Å². The molecule has 87 heavy (non-hydrogen) atoms. The van der Waals surface area contributed by atoms with Crippen molar-refractivity contribution in [1.29, 1.82) is 0 Å². The zero-order chi connectivity index (χ0) is 66.2. The fourth-order valence-corrected chi connectivity index (χ4v) is 10.6. The number of hydrogen-bond donors (Lipinski definition) is 17. The van der Waals surface area contributed by atoms with Crippen molar-refractivity contribution in [2.24, 2.45) is 5.41 Å². The van der Waals surface area contributed by atoms with E-state index < -0.39 is 0 Å². The van der Waals surface area contributed by atoms with Gasteiger partial charge in [0.05, 0.1) is 112 Å². The van der Waals surface area contributed by atoms with Crippen LogP contribution >= 0.6 is 0 Å². The molecule has 0 aromatic carbocycles. The maximum Gasteiger partial charge on any atom is 0.0558 e. The summed E-state index contributed by atoms with van der Waals surface area (Å²) in [4.78, 5) is 20.8. The molecule has 530 valence electrons. The molecule has 0 spiro atoms. The highest BCUT2D eigenvalue weighted by Crippen LogP contribution is 2.23. The van der Waals surface area contributed by atoms with Gasteiger partial charge in [-0.25, -0.2) is 0 Å². The predicted octanol–water partition coefficient (Wildman–Crippen LogP) is -5.61. The molecule has 1 fully saturated rings. The van der Waals surface area contributed by atoms with Crippen LogP contribution in [0.5, 0.6) is 0 Å². The number of likely N-dealkylation sites (N-methyl/N-ethyl adjacent to an activating group) is 1. The van der Waals surface area contributed by atoms with Crippen LogP contribution in [0.25, 0.3) is 0 Å². The van der Waals surface area contributed by atoms with Gasteiger partial charge in [-0.3, -0.25) is 44.1 Å². The molecule has 1 rings (SSSR count). The molecule has 17 N–H and O–H groups in total. The molecule has 0 saturated heterocycles. The SMILES string of the molecule is CC(C)(CN(CCO)CCO)CN(CCO)CCO.CC(CN(CCO)CCO)N(CCO)CCO.CCCN(CCO)CCN(CCO)CCO.CN(CCO)CCCN(CCO)CCO.OCCN(CCO)CCCN(CCO)C1CCCCC1. The predicted molar refractivity (Wildman–Crippen MR) is 346 cm³/mol. The van der Waals surface area contributed by atoms with Crippen molar-refractivity contribution in [3.63, 3.8) is 0 Å². The van der Waals surface area contributed by atoms with E-state index in [1.54, 1.807) is 0 Å². The third-order valence-corrected chi connectivity index (χ3v) is 14.8. The normalized spacial score (nSPS) is 13.5. The summed E-state index contributed by atoms with van der Waals surface area (Å²) >= 11 is 0. The molecular formula is C60H138N10O17. The van der Waals surface area contributed by atoms with Gasteiger partial charge < -0.3 is 91.7 Å². The Kier molecular flexibility index (Phi) is 73.5. The van der Waals surface area contributed by atoms with Crippen LogP contribution in [0.15, 0.2) is 0 Å². The van der Waals surface area contributed by atoms with Crippen LogP contribution in [0.3, 0.4) is 0 Å². The molecule has 0 amide bonds. The molecule has 27 nitrogen and oxygen atoms in total. The van der Waals surface area contributed by atoms with Gasteiger partial charge in [-0.1, -0.05) is 40.0 Å². The zero-order valence-electron chi connectivity index (χ0n) is 55.5. The molecule has 0 aliphatic heterocycles. The van der Waals surface area contributed by atoms with E-state index in [0.717, 1.165) is 84.7 Å². The number of aliphatic hydroxyl groups is 17. The average molecular weight is 1270 g/mol. The molecule has 1 aliphatic carbocycles. The highest BCUT2D eigenvalue weighted by atomic mass is 16.3. The minimum absolute atomic E-state index is 0.0469. The minimum Gasteiger partial charge on any atom is -0.395 e. The van der Waals surface area contributed by atoms with E-state index in [0.29, 0.717) is 117 Å². The molecule has 0 bridgehead atoms. The summed E-state index contributed by atoms with van der Waals surface area (Å²) < 4.78 is 0. The monoisotopic (exact) mass is 1270 g/mol. The van der Waals surface area contributed by atoms with Gasteiger partial charge in [-0.05, 0) is 84.2 Å². The Hall–Kier alpha value is -1.08. The molecule has 1 atom stereocenters. The summed E-state index contributed by atoms with van der Waals surface area (Å²) in [6.07, 6.45) is 9.58. The third-order valence-electron chi connectivity index (χ3n) is 14.8. The number of aliphatic hydroxyl groups excluding tert-OH is 17. The Bertz CT molecular complexity index is 1240. The molecule has 1 unspecified atom stereocenters. The van der Waals surface area contributed by atoms with Crippen LogP contribution in [0.4, 0.5) is 0 Å². The second kappa shape index (κ2) is 69.3. The second-order valence-corrected chi connectivity index (χ2v) is 22.9. The van der Waals surface area contributed by atoms with Crippen LogP contribution in [0.2, 0.25) is 0 Å². The summed E-state index contributed by atoms with van der Waals surface area (Å²) in [7, 11) is 1.97. The van der Waals surface area contributed by atoms with Crippen LogP contribution in [-0.4, -0.2) is 444 Å². The quantitative estimate of drug-likeness (QED) is 0.0270. The lowest BCUT2D eigenvalue weighted by Crippen LogP contribution is -2.46. The Labute approximate surface area is 526 Å². The molecule has 0 heterocycles. The van der Waals surface area contributed by atoms with Gasteiger partial charge in [0.25, 0.3) is 0 Å². The number of nitrogens with zero attached hydrogens (tertiary/aromatic N) is 10. The summed E-state index contributed by atoms with van der Waals surface area (Å²) in [5, 5.41) is 152. The first-order chi connectivity index (χ1) is 42.0. The highest BCUT2D eigenvalue weighted by Gasteiger charge is 2.25. The highest BCUT2D eigenvalue weighted by molar-refractivity contribution is 4.79. The first-order valence-electron chi connectivity index (χ1n) is 32.6. The van der Waals surface area contributed by atoms with Crippen molar-refractivity contribution in [3.8, 4) is 0 Å². The summed E-state index contributed by atoms with van der Waals surface area (Å²) in [6, 6.07) is 0.799. The molecule has 0 aromatic heterocycles. The van der Waals surface area contributed by atoms with E-state index in [9.17, 15) is 5.11 Å². The lowest BCUT2D eigenvalue weighted by Gasteiger charge is -2.36. The molecule has 0 aromatic rings. The zero-order valence-corrected chi connectivity index (χ0v) is 55.5. The summed E-state index contributed by atoms with van der Waals surface area (Å²) in [5.41, 5.74) is -0.0469. The first kappa shape index (κ1) is 92.3. The van der Waals surface area contributed by atoms with Gasteiger partial charge in [-0.2, -0.15) is 0 Å². The third kappa shape index (κ3) is 58.5. The molecule has 1 saturated carbocycles. The molecule has 27 heteroatoms. The maximum absolute atomic E-state index is 9.23. The largest absolute Gasteiger partial charge is 0.395 e. The van der Waals surface area contributed by atoms with E-state index in [2.05, 4.69) is 40.4 Å². The lowest BCUT2D eigenvalue weighted by atomic mass is 9.91. The van der Waals surface area contributed by atoms with Crippen LogP contribution in [-0.2, 0) is 0 Å². The Morgan fingerprint density at radius 2 is 0.621 bits per heavy atom. The molecule has 0 radical (unpaired) electrons. The van der Waals surface area contributed by atoms with E-state index in [1.165, 1.54) is 32.1 Å². The van der Waals surface area contributed by atoms with E-state index >= 15 is 0 Å². The molecular weight excluding hydrogens is 1130 g/mol. The number of hydrogen-bond acceptors (Lipinski definition) is 27. The van der Waals surface area contributed by atoms with E-state index in [4.69, 9.17) is 81.7 Å². The topological polar surface area (TPSA) is 376 Å². The van der Waals surface area contributed by atoms with Gasteiger partial charge in [0.1, 0.15) is 0 Å². The van der Waals surface area contributed by atoms with Crippen molar-refractivity contribution in [2.75, 3.05) is 296 Å². The summed E-state index contributed by atoms with van der Waals surface area (Å²) in [6.45, 7) is 28.9. The van der Waals surface area contributed by atoms with Crippen LogP contribution in [0, 0.1) is 5.41 Å². The Morgan fingerprint density at radius 1 is 0.322 bits per heavy atom. The Morgan fingerprint density at radius 3 is 0.954 bits per heavy atom. The van der Waals surface area contributed by atoms with Crippen molar-refractivity contribution >= 4 is 0 Å². The van der Waals surface area contributed by atoms with Crippen molar-refractivity contribution < 1.29 is 86.8 Å². The average Bonchev–Trinajstić information content (AvgIpc) is 3.60. The number of rotatable bonds is 55. The first-order valence-corrected chi connectivity index (χ1v) is 32.6. The van der Waals surface area contributed by atoms with Crippen molar-refractivity contribution in [1.82, 2.24) is 49.0 Å². The standard InChI is InChI=1S/C15H32N2O3.C13H30N2O4.C11H26N2O4.C11H26N2O3.C10H24N2O3/c18-12-9-16(10-13-19)7-4-8-17(11-14-20)15-5-2-1-3-6-15;1-13(2,11-14(3-7-16)4-8-17)12-15(5-9-18)6-10-19;1-11(13(4-8-16)5-9-17)10-12(2-6-14)3-7-15;1-2-3-12(6-9-14)4-5-13(7-10-15)8-11-16;1-11(5-8-13)3-2-4-12(6-9-14)7-10-15/h15,18-20H,1-14H2;16-19H,3-12H2,1-2H3;11,14-17H,2-10H2,1H3;14-16H,2-11H2,1H3;13-15H,2-10H2,1H3. The molecule has 1 aliphatic rings. The van der Waals surface area contributed by atoms with Gasteiger partial charge in [-0.15, -0.1) is 0 Å². The van der Waals surface area contributed by atoms with Gasteiger partial charge in [0, 0.05) is 156 Å². The van der Waals surface area contributed by atoms with Crippen LogP contribution in [0.1, 0.15) is 79.1 Å². The van der Waals surface area contributed by atoms with E-state index in [-0.39, 0.29) is 124 Å². The van der Waals surface area contributed by atoms with Gasteiger partial charge in [0.2, 0.25) is 0 Å². The Balaban J connectivity index is -0.000000497. The smallest absolute Gasteiger partial charge is 0.0558 e. The fourth-order valence-electron chi connectivity index (χ4n) is 10.6.